The lowest BCUT2D eigenvalue weighted by Gasteiger charge is -2.08. The van der Waals surface area contributed by atoms with Crippen LogP contribution in [0.4, 0.5) is 5.82 Å². The number of nitrogens with zero attached hydrogens (tertiary/aromatic N) is 3. The first-order valence-electron chi connectivity index (χ1n) is 7.27. The van der Waals surface area contributed by atoms with E-state index in [1.54, 1.807) is 30.9 Å². The molecule has 1 N–H and O–H groups in total. The predicted molar refractivity (Wildman–Crippen MR) is 93.6 cm³/mol. The maximum atomic E-state index is 12.4. The van der Waals surface area contributed by atoms with Crippen LogP contribution in [0.2, 0.25) is 0 Å². The Morgan fingerprint density at radius 1 is 1.12 bits per heavy atom. The summed E-state index contributed by atoms with van der Waals surface area (Å²) in [7, 11) is 1.59. The minimum absolute atomic E-state index is 0.291. The van der Waals surface area contributed by atoms with Crippen molar-refractivity contribution in [2.75, 3.05) is 12.4 Å². The molecule has 0 atom stereocenters. The number of anilines is 1. The monoisotopic (exact) mass is 340 g/mol. The minimum atomic E-state index is -0.291. The van der Waals surface area contributed by atoms with Crippen molar-refractivity contribution in [3.05, 3.63) is 52.4 Å². The molecule has 0 aromatic carbocycles. The van der Waals surface area contributed by atoms with Crippen molar-refractivity contribution in [1.29, 1.82) is 0 Å². The summed E-state index contributed by atoms with van der Waals surface area (Å²) < 4.78 is 5.20. The number of ether oxygens (including phenoxy) is 1. The highest BCUT2D eigenvalue weighted by Gasteiger charge is 2.12. The molecule has 0 unspecified atom stereocenters. The SMILES string of the molecule is COc1cncc(-c2cc(C)nc(C(=O)Nc3csc(C)n3)c2)c1. The number of amides is 1. The summed E-state index contributed by atoms with van der Waals surface area (Å²) >= 11 is 1.48. The van der Waals surface area contributed by atoms with Gasteiger partial charge in [-0.25, -0.2) is 9.97 Å². The van der Waals surface area contributed by atoms with Gasteiger partial charge in [-0.1, -0.05) is 0 Å². The highest BCUT2D eigenvalue weighted by Crippen LogP contribution is 2.24. The molecule has 0 spiro atoms. The van der Waals surface area contributed by atoms with E-state index in [1.807, 2.05) is 26.0 Å². The van der Waals surface area contributed by atoms with Crippen LogP contribution in [-0.4, -0.2) is 28.0 Å². The summed E-state index contributed by atoms with van der Waals surface area (Å²) in [5.74, 6) is 0.905. The van der Waals surface area contributed by atoms with Crippen LogP contribution in [0.1, 0.15) is 21.2 Å². The van der Waals surface area contributed by atoms with Crippen molar-refractivity contribution >= 4 is 23.1 Å². The Morgan fingerprint density at radius 3 is 2.67 bits per heavy atom. The maximum absolute atomic E-state index is 12.4. The first kappa shape index (κ1) is 16.1. The van der Waals surface area contributed by atoms with Crippen molar-refractivity contribution < 1.29 is 9.53 Å². The molecule has 24 heavy (non-hydrogen) atoms. The molecule has 3 aromatic rings. The van der Waals surface area contributed by atoms with Gasteiger partial charge in [0.25, 0.3) is 5.91 Å². The van der Waals surface area contributed by atoms with E-state index >= 15 is 0 Å². The molecule has 0 saturated carbocycles. The van der Waals surface area contributed by atoms with Crippen LogP contribution in [0.3, 0.4) is 0 Å². The van der Waals surface area contributed by atoms with Crippen molar-refractivity contribution in [3.63, 3.8) is 0 Å². The number of carbonyl (C=O) groups excluding carboxylic acids is 1. The van der Waals surface area contributed by atoms with E-state index in [0.717, 1.165) is 21.8 Å². The third-order valence-electron chi connectivity index (χ3n) is 3.33. The normalized spacial score (nSPS) is 10.5. The van der Waals surface area contributed by atoms with E-state index < -0.39 is 0 Å². The first-order valence-corrected chi connectivity index (χ1v) is 8.14. The molecule has 3 aromatic heterocycles. The van der Waals surface area contributed by atoms with Crippen molar-refractivity contribution in [2.45, 2.75) is 13.8 Å². The summed E-state index contributed by atoms with van der Waals surface area (Å²) in [4.78, 5) is 25.1. The largest absolute Gasteiger partial charge is 0.495 e. The first-order chi connectivity index (χ1) is 11.5. The van der Waals surface area contributed by atoms with E-state index in [4.69, 9.17) is 4.74 Å². The smallest absolute Gasteiger partial charge is 0.275 e. The number of nitrogens with one attached hydrogen (secondary N) is 1. The molecule has 0 radical (unpaired) electrons. The number of aryl methyl sites for hydroxylation is 2. The van der Waals surface area contributed by atoms with Gasteiger partial charge in [0.05, 0.1) is 18.3 Å². The van der Waals surface area contributed by atoms with Gasteiger partial charge in [0.1, 0.15) is 17.3 Å². The summed E-state index contributed by atoms with van der Waals surface area (Å²) in [5.41, 5.74) is 2.79. The molecule has 0 aliphatic heterocycles. The average molecular weight is 340 g/mol. The summed E-state index contributed by atoms with van der Waals surface area (Å²) in [5, 5.41) is 5.46. The fourth-order valence-electron chi connectivity index (χ4n) is 2.24. The summed E-state index contributed by atoms with van der Waals surface area (Å²) in [6.45, 7) is 3.74. The quantitative estimate of drug-likeness (QED) is 0.787. The molecule has 7 heteroatoms. The Labute approximate surface area is 143 Å². The summed E-state index contributed by atoms with van der Waals surface area (Å²) in [6, 6.07) is 5.51. The fourth-order valence-corrected chi connectivity index (χ4v) is 2.79. The average Bonchev–Trinajstić information content (AvgIpc) is 2.99. The van der Waals surface area contributed by atoms with Crippen LogP contribution in [0.25, 0.3) is 11.1 Å². The number of hydrogen-bond acceptors (Lipinski definition) is 6. The maximum Gasteiger partial charge on any atom is 0.275 e. The second kappa shape index (κ2) is 6.76. The number of aromatic nitrogens is 3. The third-order valence-corrected chi connectivity index (χ3v) is 4.10. The lowest BCUT2D eigenvalue weighted by Crippen LogP contribution is -2.14. The number of rotatable bonds is 4. The third kappa shape index (κ3) is 3.57. The standard InChI is InChI=1S/C17H16N4O2S/c1-10-4-12(13-5-14(23-3)8-18-7-13)6-15(19-10)17(22)21-16-9-24-11(2)20-16/h4-9H,1-3H3,(H,21,22). The van der Waals surface area contributed by atoms with Crippen LogP contribution < -0.4 is 10.1 Å². The van der Waals surface area contributed by atoms with E-state index in [9.17, 15) is 4.79 Å². The topological polar surface area (TPSA) is 77.0 Å². The van der Waals surface area contributed by atoms with Gasteiger partial charge >= 0.3 is 0 Å². The van der Waals surface area contributed by atoms with E-state index in [2.05, 4.69) is 20.3 Å². The van der Waals surface area contributed by atoms with Crippen molar-refractivity contribution in [2.24, 2.45) is 0 Å². The fraction of sp³-hybridized carbons (Fsp3) is 0.176. The van der Waals surface area contributed by atoms with Gasteiger partial charge in [-0.3, -0.25) is 9.78 Å². The van der Waals surface area contributed by atoms with Crippen LogP contribution in [-0.2, 0) is 0 Å². The van der Waals surface area contributed by atoms with Gasteiger partial charge in [0.2, 0.25) is 0 Å². The molecule has 122 valence electrons. The Balaban J connectivity index is 1.92. The molecule has 0 fully saturated rings. The van der Waals surface area contributed by atoms with E-state index in [0.29, 0.717) is 17.3 Å². The van der Waals surface area contributed by atoms with E-state index in [1.165, 1.54) is 11.3 Å². The molecule has 0 aliphatic rings. The number of pyridine rings is 2. The molecule has 0 bridgehead atoms. The van der Waals surface area contributed by atoms with Crippen LogP contribution >= 0.6 is 11.3 Å². The van der Waals surface area contributed by atoms with Gasteiger partial charge in [-0.2, -0.15) is 0 Å². The Hall–Kier alpha value is -2.80. The minimum Gasteiger partial charge on any atom is -0.495 e. The van der Waals surface area contributed by atoms with Crippen LogP contribution in [0.15, 0.2) is 36.0 Å². The lowest BCUT2D eigenvalue weighted by molar-refractivity contribution is 0.102. The molecule has 3 rings (SSSR count). The number of hydrogen-bond donors (Lipinski definition) is 1. The van der Waals surface area contributed by atoms with Crippen molar-refractivity contribution in [3.8, 4) is 16.9 Å². The Kier molecular flexibility index (Phi) is 4.52. The second-order valence-electron chi connectivity index (χ2n) is 5.20. The molecule has 3 heterocycles. The Bertz CT molecular complexity index is 892. The predicted octanol–water partition coefficient (Wildman–Crippen LogP) is 3.48. The highest BCUT2D eigenvalue weighted by atomic mass is 32.1. The summed E-state index contributed by atoms with van der Waals surface area (Å²) in [6.07, 6.45) is 3.36. The number of carbonyl (C=O) groups is 1. The van der Waals surface area contributed by atoms with Crippen LogP contribution in [0.5, 0.6) is 5.75 Å². The van der Waals surface area contributed by atoms with E-state index in [-0.39, 0.29) is 5.91 Å². The zero-order chi connectivity index (χ0) is 17.1. The van der Waals surface area contributed by atoms with Gasteiger partial charge in [0, 0.05) is 22.8 Å². The molecule has 1 amide bonds. The van der Waals surface area contributed by atoms with Crippen LogP contribution in [0, 0.1) is 13.8 Å². The van der Waals surface area contributed by atoms with Crippen molar-refractivity contribution in [1.82, 2.24) is 15.0 Å². The number of methoxy groups -OCH3 is 1. The number of thiazole rings is 1. The Morgan fingerprint density at radius 2 is 1.96 bits per heavy atom. The van der Waals surface area contributed by atoms with Gasteiger partial charge < -0.3 is 10.1 Å². The molecule has 6 nitrogen and oxygen atoms in total. The van der Waals surface area contributed by atoms with Gasteiger partial charge in [0.15, 0.2) is 0 Å². The molecular formula is C17H16N4O2S. The molecule has 0 aliphatic carbocycles. The molecular weight excluding hydrogens is 324 g/mol. The van der Waals surface area contributed by atoms with Gasteiger partial charge in [-0.05, 0) is 37.6 Å². The zero-order valence-corrected chi connectivity index (χ0v) is 14.3. The lowest BCUT2D eigenvalue weighted by atomic mass is 10.1. The second-order valence-corrected chi connectivity index (χ2v) is 6.26. The highest BCUT2D eigenvalue weighted by molar-refractivity contribution is 7.09. The molecule has 0 saturated heterocycles. The zero-order valence-electron chi connectivity index (χ0n) is 13.5. The van der Waals surface area contributed by atoms with Gasteiger partial charge in [-0.15, -0.1) is 11.3 Å².